The molecule has 0 saturated carbocycles. The summed E-state index contributed by atoms with van der Waals surface area (Å²) in [6, 6.07) is 20.1. The van der Waals surface area contributed by atoms with E-state index in [1.54, 1.807) is 30.3 Å². The Morgan fingerprint density at radius 2 is 1.69 bits per heavy atom. The zero-order chi connectivity index (χ0) is 22.6. The molecule has 0 amide bonds. The van der Waals surface area contributed by atoms with Gasteiger partial charge in [-0.2, -0.15) is 4.99 Å². The number of hydrogen-bond donors (Lipinski definition) is 4. The minimum Gasteiger partial charge on any atom is -0.369 e. The van der Waals surface area contributed by atoms with Crippen molar-refractivity contribution in [2.45, 2.75) is 4.90 Å². The summed E-state index contributed by atoms with van der Waals surface area (Å²) in [5.41, 5.74) is 4.09. The van der Waals surface area contributed by atoms with E-state index in [4.69, 9.17) is 5.41 Å². The first-order chi connectivity index (χ1) is 15.4. The van der Waals surface area contributed by atoms with Gasteiger partial charge in [0.2, 0.25) is 5.96 Å². The predicted octanol–water partition coefficient (Wildman–Crippen LogP) is 2.44. The quantitative estimate of drug-likeness (QED) is 0.360. The van der Waals surface area contributed by atoms with Crippen LogP contribution in [0.1, 0.15) is 0 Å². The molecule has 1 aliphatic heterocycles. The first-order valence-electron chi connectivity index (χ1n) is 10.3. The topological polar surface area (TPSA) is 113 Å². The van der Waals surface area contributed by atoms with Crippen molar-refractivity contribution in [3.05, 3.63) is 72.2 Å². The van der Waals surface area contributed by atoms with Crippen LogP contribution in [0.3, 0.4) is 0 Å². The molecule has 0 aliphatic carbocycles. The highest BCUT2D eigenvalue weighted by Crippen LogP contribution is 2.19. The number of benzene rings is 2. The molecule has 3 aromatic rings. The molecule has 1 aliphatic rings. The van der Waals surface area contributed by atoms with E-state index < -0.39 is 9.84 Å². The van der Waals surface area contributed by atoms with Gasteiger partial charge < -0.3 is 20.5 Å². The van der Waals surface area contributed by atoms with Gasteiger partial charge in [-0.3, -0.25) is 5.41 Å². The Balaban J connectivity index is 1.46. The van der Waals surface area contributed by atoms with Crippen LogP contribution in [0.25, 0.3) is 11.3 Å². The Kier molecular flexibility index (Phi) is 6.38. The summed E-state index contributed by atoms with van der Waals surface area (Å²) < 4.78 is 23.3. The summed E-state index contributed by atoms with van der Waals surface area (Å²) >= 11 is 0. The van der Waals surface area contributed by atoms with Gasteiger partial charge in [0.15, 0.2) is 9.84 Å². The maximum Gasteiger partial charge on any atom is 0.221 e. The van der Waals surface area contributed by atoms with Crippen molar-refractivity contribution in [2.75, 3.05) is 42.7 Å². The van der Waals surface area contributed by atoms with E-state index in [1.165, 1.54) is 11.9 Å². The zero-order valence-corrected chi connectivity index (χ0v) is 18.6. The summed E-state index contributed by atoms with van der Waals surface area (Å²) in [7, 11) is -3.24. The number of piperazine rings is 1. The van der Waals surface area contributed by atoms with Crippen LogP contribution in [0.15, 0.2) is 76.6 Å². The van der Waals surface area contributed by atoms with Crippen molar-refractivity contribution in [1.29, 1.82) is 5.41 Å². The lowest BCUT2D eigenvalue weighted by Gasteiger charge is -2.29. The third kappa shape index (κ3) is 5.43. The summed E-state index contributed by atoms with van der Waals surface area (Å²) in [5, 5.41) is 14.6. The van der Waals surface area contributed by atoms with Crippen molar-refractivity contribution < 1.29 is 8.42 Å². The molecule has 0 bridgehead atoms. The maximum atomic E-state index is 11.6. The number of hydrogen-bond acceptors (Lipinski definition) is 5. The third-order valence-corrected chi connectivity index (χ3v) is 6.35. The first kappa shape index (κ1) is 21.8. The standard InChI is InChI=1S/C23H26N6O2S/c1-32(30,31)20-11-5-17(6-12-20)21-3-2-4-22(27-21)28-23(24)26-18-7-9-19(10-8-18)29-15-13-25-14-16-29/h2-12,25H,13-16H2,1H3,(H3,24,26,27,28). The molecule has 0 atom stereocenters. The van der Waals surface area contributed by atoms with Crippen LogP contribution in [0.2, 0.25) is 0 Å². The van der Waals surface area contributed by atoms with Crippen LogP contribution in [0.5, 0.6) is 0 Å². The predicted molar refractivity (Wildman–Crippen MR) is 128 cm³/mol. The first-order valence-corrected chi connectivity index (χ1v) is 12.2. The van der Waals surface area contributed by atoms with Gasteiger partial charge in [0.25, 0.3) is 0 Å². The molecule has 0 unspecified atom stereocenters. The molecule has 8 nitrogen and oxygen atoms in total. The molecule has 1 saturated heterocycles. The Bertz CT molecular complexity index is 1260. The molecule has 32 heavy (non-hydrogen) atoms. The van der Waals surface area contributed by atoms with E-state index >= 15 is 0 Å². The molecule has 4 N–H and O–H groups in total. The Morgan fingerprint density at radius 3 is 2.34 bits per heavy atom. The maximum absolute atomic E-state index is 11.6. The van der Waals surface area contributed by atoms with Crippen molar-refractivity contribution in [3.8, 4) is 11.3 Å². The number of guanidine groups is 1. The van der Waals surface area contributed by atoms with Gasteiger partial charge in [-0.1, -0.05) is 18.2 Å². The minimum absolute atomic E-state index is 0.0146. The number of nitrogens with one attached hydrogen (secondary N) is 4. The van der Waals surface area contributed by atoms with Crippen LogP contribution in [0.4, 0.5) is 11.4 Å². The zero-order valence-electron chi connectivity index (χ0n) is 17.8. The molecular formula is C23H26N6O2S. The SMILES string of the molecule is CS(=O)(=O)c1ccc(-c2ccc/c(=N/C(=N)Nc3ccc(N4CCNCC4)cc3)[nH]2)cc1. The smallest absolute Gasteiger partial charge is 0.221 e. The number of aromatic amines is 1. The van der Waals surface area contributed by atoms with Crippen LogP contribution >= 0.6 is 0 Å². The lowest BCUT2D eigenvalue weighted by atomic mass is 10.1. The normalized spacial score (nSPS) is 14.9. The van der Waals surface area contributed by atoms with Crippen molar-refractivity contribution in [1.82, 2.24) is 10.3 Å². The molecule has 9 heteroatoms. The average Bonchev–Trinajstić information content (AvgIpc) is 2.80. The van der Waals surface area contributed by atoms with Crippen molar-refractivity contribution >= 4 is 27.2 Å². The van der Waals surface area contributed by atoms with E-state index in [-0.39, 0.29) is 10.9 Å². The van der Waals surface area contributed by atoms with E-state index in [1.807, 2.05) is 36.4 Å². The van der Waals surface area contributed by atoms with Crippen molar-refractivity contribution in [2.24, 2.45) is 4.99 Å². The summed E-state index contributed by atoms with van der Waals surface area (Å²) in [6.45, 7) is 3.95. The minimum atomic E-state index is -3.24. The second kappa shape index (κ2) is 9.37. The second-order valence-corrected chi connectivity index (χ2v) is 9.63. The fraction of sp³-hybridized carbons (Fsp3) is 0.217. The number of anilines is 2. The number of rotatable bonds is 4. The molecule has 0 radical (unpaired) electrons. The number of sulfone groups is 1. The van der Waals surface area contributed by atoms with E-state index in [0.29, 0.717) is 5.49 Å². The Hall–Kier alpha value is -3.43. The molecule has 1 fully saturated rings. The fourth-order valence-corrected chi connectivity index (χ4v) is 4.17. The molecule has 0 spiro atoms. The average molecular weight is 451 g/mol. The summed E-state index contributed by atoms with van der Waals surface area (Å²) in [6.07, 6.45) is 1.19. The molecule has 1 aromatic heterocycles. The molecular weight excluding hydrogens is 424 g/mol. The number of pyridine rings is 1. The van der Waals surface area contributed by atoms with Crippen LogP contribution < -0.4 is 21.0 Å². The Labute approximate surface area is 187 Å². The second-order valence-electron chi connectivity index (χ2n) is 7.62. The summed E-state index contributed by atoms with van der Waals surface area (Å²) in [4.78, 5) is 10.1. The molecule has 4 rings (SSSR count). The lowest BCUT2D eigenvalue weighted by molar-refractivity contribution is 0.589. The lowest BCUT2D eigenvalue weighted by Crippen LogP contribution is -2.43. The largest absolute Gasteiger partial charge is 0.369 e. The Morgan fingerprint density at radius 1 is 1.00 bits per heavy atom. The summed E-state index contributed by atoms with van der Waals surface area (Å²) in [5.74, 6) is 0.0146. The highest BCUT2D eigenvalue weighted by Gasteiger charge is 2.10. The van der Waals surface area contributed by atoms with Crippen molar-refractivity contribution in [3.63, 3.8) is 0 Å². The molecule has 2 heterocycles. The van der Waals surface area contributed by atoms with E-state index in [2.05, 4.69) is 25.5 Å². The van der Waals surface area contributed by atoms with Gasteiger partial charge in [0.05, 0.1) is 4.90 Å². The highest BCUT2D eigenvalue weighted by molar-refractivity contribution is 7.90. The van der Waals surface area contributed by atoms with E-state index in [0.717, 1.165) is 43.1 Å². The van der Waals surface area contributed by atoms with Crippen LogP contribution in [-0.2, 0) is 9.84 Å². The van der Waals surface area contributed by atoms with Gasteiger partial charge in [0.1, 0.15) is 5.49 Å². The van der Waals surface area contributed by atoms with Crippen LogP contribution in [-0.4, -0.2) is 51.8 Å². The highest BCUT2D eigenvalue weighted by atomic mass is 32.2. The number of nitrogens with zero attached hydrogens (tertiary/aromatic N) is 2. The van der Waals surface area contributed by atoms with Gasteiger partial charge in [-0.05, 0) is 54.1 Å². The van der Waals surface area contributed by atoms with Gasteiger partial charge >= 0.3 is 0 Å². The fourth-order valence-electron chi connectivity index (χ4n) is 3.54. The monoisotopic (exact) mass is 450 g/mol. The molecule has 166 valence electrons. The van der Waals surface area contributed by atoms with Gasteiger partial charge in [-0.25, -0.2) is 8.42 Å². The third-order valence-electron chi connectivity index (χ3n) is 5.22. The van der Waals surface area contributed by atoms with E-state index in [9.17, 15) is 8.42 Å². The number of H-pyrrole nitrogens is 1. The van der Waals surface area contributed by atoms with Gasteiger partial charge in [-0.15, -0.1) is 0 Å². The van der Waals surface area contributed by atoms with Crippen LogP contribution in [0, 0.1) is 5.41 Å². The molecule has 2 aromatic carbocycles. The number of aromatic nitrogens is 1. The van der Waals surface area contributed by atoms with Gasteiger partial charge in [0, 0.05) is 49.5 Å².